The highest BCUT2D eigenvalue weighted by Gasteiger charge is 2.64. The Hall–Kier alpha value is -4.61. The van der Waals surface area contributed by atoms with Gasteiger partial charge >= 0.3 is 6.36 Å². The molecular formula is C30H31F3N4O9S. The molecule has 0 saturated carbocycles. The van der Waals surface area contributed by atoms with Crippen molar-refractivity contribution in [3.8, 4) is 23.1 Å². The molecule has 3 atom stereocenters. The van der Waals surface area contributed by atoms with Gasteiger partial charge in [0, 0.05) is 44.0 Å². The van der Waals surface area contributed by atoms with Gasteiger partial charge in [-0.2, -0.15) is 0 Å². The Morgan fingerprint density at radius 1 is 1.02 bits per heavy atom. The van der Waals surface area contributed by atoms with Gasteiger partial charge in [0.15, 0.2) is 5.54 Å². The Morgan fingerprint density at radius 2 is 1.72 bits per heavy atom. The van der Waals surface area contributed by atoms with Crippen LogP contribution < -0.4 is 23.3 Å². The number of nitrogens with zero attached hydrogens (tertiary/aromatic N) is 4. The maximum Gasteiger partial charge on any atom is 0.573 e. The van der Waals surface area contributed by atoms with E-state index in [1.165, 1.54) is 75.7 Å². The first-order valence-electron chi connectivity index (χ1n) is 14.0. The number of hydrogen-bond acceptors (Lipinski definition) is 11. The van der Waals surface area contributed by atoms with Crippen LogP contribution in [0.3, 0.4) is 0 Å². The zero-order chi connectivity index (χ0) is 34.5. The summed E-state index contributed by atoms with van der Waals surface area (Å²) < 4.78 is 90.3. The summed E-state index contributed by atoms with van der Waals surface area (Å²) in [4.78, 5) is 35.0. The number of carbonyl (C=O) groups is 2. The van der Waals surface area contributed by atoms with Crippen LogP contribution in [-0.2, 0) is 25.2 Å². The number of benzene rings is 2. The maximum atomic E-state index is 15.2. The lowest BCUT2D eigenvalue weighted by Crippen LogP contribution is -2.59. The van der Waals surface area contributed by atoms with Gasteiger partial charge in [0.25, 0.3) is 15.9 Å². The van der Waals surface area contributed by atoms with Crippen LogP contribution in [0.15, 0.2) is 59.6 Å². The second-order valence-electron chi connectivity index (χ2n) is 10.9. The highest BCUT2D eigenvalue weighted by atomic mass is 32.2. The normalized spacial score (nSPS) is 21.4. The van der Waals surface area contributed by atoms with Crippen molar-refractivity contribution in [2.45, 2.75) is 35.4 Å². The summed E-state index contributed by atoms with van der Waals surface area (Å²) in [5.74, 6) is -2.66. The molecule has 13 nitrogen and oxygen atoms in total. The fourth-order valence-electron chi connectivity index (χ4n) is 6.11. The minimum Gasteiger partial charge on any atom is -0.497 e. The standard InChI is InChI=1S/C30H31F3N4O9S/c1-35(2)27(39)23-13-17(38)16-36(23)29(20-7-6-12-34-26(20)45-5)21-14-19(46-30(31,32)33)8-10-22(21)37(28(29)40)47(41,42)25-11-9-18(43-3)15-24(25)44-4/h6-12,14-15,17,23,38H,13,16H2,1-5H3/t17-,23+,29?/m1/s1. The van der Waals surface area contributed by atoms with Crippen molar-refractivity contribution in [1.29, 1.82) is 0 Å². The molecule has 2 amide bonds. The Labute approximate surface area is 268 Å². The molecular weight excluding hydrogens is 649 g/mol. The van der Waals surface area contributed by atoms with Crippen molar-refractivity contribution < 1.29 is 55.2 Å². The van der Waals surface area contributed by atoms with Crippen LogP contribution in [0.4, 0.5) is 18.9 Å². The van der Waals surface area contributed by atoms with Gasteiger partial charge in [0.1, 0.15) is 22.1 Å². The molecule has 0 radical (unpaired) electrons. The van der Waals surface area contributed by atoms with Crippen LogP contribution in [0.25, 0.3) is 0 Å². The summed E-state index contributed by atoms with van der Waals surface area (Å²) in [6.07, 6.45) is -5.19. The molecule has 2 aliphatic rings. The first-order chi connectivity index (χ1) is 22.1. The van der Waals surface area contributed by atoms with Gasteiger partial charge in [-0.15, -0.1) is 13.2 Å². The number of likely N-dealkylation sites (N-methyl/N-ethyl adjacent to an activating group) is 1. The van der Waals surface area contributed by atoms with Crippen LogP contribution in [0.5, 0.6) is 23.1 Å². The van der Waals surface area contributed by atoms with Gasteiger partial charge in [0.05, 0.1) is 39.2 Å². The number of aliphatic hydroxyl groups is 1. The van der Waals surface area contributed by atoms with E-state index in [2.05, 4.69) is 9.72 Å². The summed E-state index contributed by atoms with van der Waals surface area (Å²) in [6.45, 7) is -0.364. The summed E-state index contributed by atoms with van der Waals surface area (Å²) in [7, 11) is 1.79. The molecule has 1 N–H and O–H groups in total. The Balaban J connectivity index is 1.89. The van der Waals surface area contributed by atoms with Crippen LogP contribution in [0, 0.1) is 0 Å². The molecule has 17 heteroatoms. The van der Waals surface area contributed by atoms with Gasteiger partial charge in [-0.1, -0.05) is 0 Å². The summed E-state index contributed by atoms with van der Waals surface area (Å²) >= 11 is 0. The predicted octanol–water partition coefficient (Wildman–Crippen LogP) is 2.51. The molecule has 0 bridgehead atoms. The Morgan fingerprint density at radius 3 is 2.34 bits per heavy atom. The molecule has 5 rings (SSSR count). The largest absolute Gasteiger partial charge is 0.573 e. The van der Waals surface area contributed by atoms with E-state index in [1.54, 1.807) is 0 Å². The Bertz CT molecular complexity index is 1820. The minimum absolute atomic E-state index is 0.0945. The first-order valence-corrected chi connectivity index (χ1v) is 15.4. The van der Waals surface area contributed by atoms with Crippen LogP contribution in [0.2, 0.25) is 0 Å². The van der Waals surface area contributed by atoms with Crippen molar-refractivity contribution in [2.75, 3.05) is 46.3 Å². The van der Waals surface area contributed by atoms with E-state index in [1.807, 2.05) is 0 Å². The van der Waals surface area contributed by atoms with Crippen molar-refractivity contribution in [1.82, 2.24) is 14.8 Å². The number of rotatable bonds is 9. The number of amides is 2. The second kappa shape index (κ2) is 12.2. The number of carbonyl (C=O) groups excluding carboxylic acids is 2. The van der Waals surface area contributed by atoms with Crippen molar-refractivity contribution in [3.63, 3.8) is 0 Å². The number of anilines is 1. The van der Waals surface area contributed by atoms with Crippen LogP contribution in [-0.4, -0.2) is 101 Å². The smallest absolute Gasteiger partial charge is 0.497 e. The quantitative estimate of drug-likeness (QED) is 0.356. The van der Waals surface area contributed by atoms with Crippen LogP contribution >= 0.6 is 0 Å². The number of hydrogen-bond donors (Lipinski definition) is 1. The van der Waals surface area contributed by atoms with E-state index in [0.29, 0.717) is 4.31 Å². The number of fused-ring (bicyclic) bond motifs is 1. The van der Waals surface area contributed by atoms with E-state index in [4.69, 9.17) is 14.2 Å². The lowest BCUT2D eigenvalue weighted by atomic mass is 9.81. The zero-order valence-corrected chi connectivity index (χ0v) is 26.6. The predicted molar refractivity (Wildman–Crippen MR) is 159 cm³/mol. The molecule has 0 spiro atoms. The van der Waals surface area contributed by atoms with E-state index in [0.717, 1.165) is 24.3 Å². The number of sulfonamides is 1. The summed E-state index contributed by atoms with van der Waals surface area (Å²) in [5, 5.41) is 10.9. The highest BCUT2D eigenvalue weighted by molar-refractivity contribution is 7.93. The summed E-state index contributed by atoms with van der Waals surface area (Å²) in [6, 6.07) is 8.09. The number of β-amino-alcohol motifs (C(OH)–C–C–N with tert-alkyl or cyclic N) is 1. The monoisotopic (exact) mass is 680 g/mol. The SMILES string of the molecule is COc1ccc(S(=O)(=O)N2C(=O)C(c3cccnc3OC)(N3C[C@H](O)C[C@H]3C(=O)N(C)C)c3cc(OC(F)(F)F)ccc32)c(OC)c1. The number of likely N-dealkylation sites (tertiary alicyclic amines) is 1. The number of aliphatic hydroxyl groups excluding tert-OH is 1. The molecule has 2 aliphatic heterocycles. The third-order valence-corrected chi connectivity index (χ3v) is 9.72. The van der Waals surface area contributed by atoms with E-state index in [9.17, 15) is 31.5 Å². The average Bonchev–Trinajstić information content (AvgIpc) is 3.53. The Kier molecular flexibility index (Phi) is 8.76. The van der Waals surface area contributed by atoms with Gasteiger partial charge in [-0.05, 0) is 48.9 Å². The number of aromatic nitrogens is 1. The molecule has 1 unspecified atom stereocenters. The van der Waals surface area contributed by atoms with Crippen molar-refractivity contribution in [2.24, 2.45) is 0 Å². The van der Waals surface area contributed by atoms with E-state index in [-0.39, 0.29) is 47.2 Å². The fraction of sp³-hybridized carbons (Fsp3) is 0.367. The molecule has 252 valence electrons. The number of halogens is 3. The van der Waals surface area contributed by atoms with Gasteiger partial charge in [-0.25, -0.2) is 17.7 Å². The second-order valence-corrected chi connectivity index (χ2v) is 12.6. The fourth-order valence-corrected chi connectivity index (χ4v) is 7.72. The van der Waals surface area contributed by atoms with Crippen molar-refractivity contribution in [3.05, 3.63) is 65.9 Å². The van der Waals surface area contributed by atoms with E-state index >= 15 is 4.79 Å². The highest BCUT2D eigenvalue weighted by Crippen LogP contribution is 2.55. The molecule has 2 aromatic carbocycles. The third kappa shape index (κ3) is 5.57. The van der Waals surface area contributed by atoms with Gasteiger partial charge < -0.3 is 29.0 Å². The number of alkyl halides is 3. The molecule has 47 heavy (non-hydrogen) atoms. The molecule has 3 aromatic rings. The van der Waals surface area contributed by atoms with Gasteiger partial charge in [-0.3, -0.25) is 14.5 Å². The molecule has 3 heterocycles. The van der Waals surface area contributed by atoms with E-state index < -0.39 is 56.5 Å². The average molecular weight is 681 g/mol. The molecule has 1 fully saturated rings. The molecule has 0 aliphatic carbocycles. The lowest BCUT2D eigenvalue weighted by Gasteiger charge is -2.41. The minimum atomic E-state index is -5.15. The summed E-state index contributed by atoms with van der Waals surface area (Å²) in [5.41, 5.74) is -3.12. The maximum absolute atomic E-state index is 15.2. The van der Waals surface area contributed by atoms with Gasteiger partial charge in [0.2, 0.25) is 11.8 Å². The number of methoxy groups -OCH3 is 3. The lowest BCUT2D eigenvalue weighted by molar-refractivity contribution is -0.274. The molecule has 1 saturated heterocycles. The van der Waals surface area contributed by atoms with Crippen LogP contribution in [0.1, 0.15) is 17.5 Å². The third-order valence-electron chi connectivity index (χ3n) is 7.98. The van der Waals surface area contributed by atoms with Crippen molar-refractivity contribution >= 4 is 27.5 Å². The number of ether oxygens (including phenoxy) is 4. The topological polar surface area (TPSA) is 148 Å². The number of pyridine rings is 1. The zero-order valence-electron chi connectivity index (χ0n) is 25.8. The molecule has 1 aromatic heterocycles. The first kappa shape index (κ1) is 33.7.